The van der Waals surface area contributed by atoms with Gasteiger partial charge in [0.15, 0.2) is 6.10 Å². The van der Waals surface area contributed by atoms with Crippen LogP contribution in [0, 0.1) is 0 Å². The molecule has 17 heavy (non-hydrogen) atoms. The molecule has 1 heterocycles. The lowest BCUT2D eigenvalue weighted by Gasteiger charge is -2.43. The van der Waals surface area contributed by atoms with Gasteiger partial charge in [0.2, 0.25) is 0 Å². The second-order valence-corrected chi connectivity index (χ2v) is 3.77. The van der Waals surface area contributed by atoms with Gasteiger partial charge in [-0.2, -0.15) is 0 Å². The lowest BCUT2D eigenvalue weighted by atomic mass is 9.98. The standard InChI is InChI=1S/C7H13NO8S/c9-1-2-3(10)4(11)5(12)7(13,15-2)16-6(17)8-14/h2-5,9-14H,1H2,(H,8,17)/t2-,3-,4+,5-,7+/m1/s1. The molecule has 0 amide bonds. The number of aliphatic hydroxyl groups is 5. The van der Waals surface area contributed by atoms with Gasteiger partial charge in [0.25, 0.3) is 5.17 Å². The van der Waals surface area contributed by atoms with Crippen molar-refractivity contribution in [2.24, 2.45) is 0 Å². The molecular weight excluding hydrogens is 258 g/mol. The molecule has 10 heteroatoms. The number of nitrogens with one attached hydrogen (secondary N) is 1. The van der Waals surface area contributed by atoms with Crippen LogP contribution in [0.4, 0.5) is 0 Å². The summed E-state index contributed by atoms with van der Waals surface area (Å²) in [6.07, 6.45) is -6.88. The molecule has 0 aromatic rings. The van der Waals surface area contributed by atoms with Gasteiger partial charge in [0, 0.05) is 0 Å². The number of hydroxylamine groups is 1. The average molecular weight is 271 g/mol. The minimum absolute atomic E-state index is 0.730. The molecule has 1 fully saturated rings. The number of thiocarbonyl (C=S) groups is 1. The van der Waals surface area contributed by atoms with E-state index < -0.39 is 42.2 Å². The molecule has 0 aliphatic carbocycles. The summed E-state index contributed by atoms with van der Waals surface area (Å²) >= 11 is 4.36. The third-order valence-electron chi connectivity index (χ3n) is 2.26. The third kappa shape index (κ3) is 2.81. The summed E-state index contributed by atoms with van der Waals surface area (Å²) in [5, 5.41) is 54.5. The summed E-state index contributed by atoms with van der Waals surface area (Å²) in [5.74, 6) is -2.79. The van der Waals surface area contributed by atoms with Gasteiger partial charge in [0.05, 0.1) is 6.61 Å². The highest BCUT2D eigenvalue weighted by Gasteiger charge is 2.55. The van der Waals surface area contributed by atoms with E-state index in [1.165, 1.54) is 5.48 Å². The van der Waals surface area contributed by atoms with Crippen LogP contribution < -0.4 is 5.48 Å². The van der Waals surface area contributed by atoms with Gasteiger partial charge in [-0.25, -0.2) is 5.48 Å². The molecule has 0 aromatic heterocycles. The minimum Gasteiger partial charge on any atom is -0.410 e. The van der Waals surface area contributed by atoms with Crippen LogP contribution in [-0.2, 0) is 9.47 Å². The summed E-state index contributed by atoms with van der Waals surface area (Å²) in [6, 6.07) is 0. The summed E-state index contributed by atoms with van der Waals surface area (Å²) in [6.45, 7) is -0.740. The summed E-state index contributed by atoms with van der Waals surface area (Å²) in [4.78, 5) is 0. The van der Waals surface area contributed by atoms with Crippen molar-refractivity contribution in [3.05, 3.63) is 0 Å². The van der Waals surface area contributed by atoms with E-state index in [9.17, 15) is 20.4 Å². The van der Waals surface area contributed by atoms with Crippen LogP contribution in [0.2, 0.25) is 0 Å². The normalized spacial score (nSPS) is 42.0. The maximum absolute atomic E-state index is 9.72. The summed E-state index contributed by atoms with van der Waals surface area (Å²) in [5.41, 5.74) is 1.37. The van der Waals surface area contributed by atoms with Crippen LogP contribution in [0.3, 0.4) is 0 Å². The van der Waals surface area contributed by atoms with Crippen molar-refractivity contribution in [1.82, 2.24) is 5.48 Å². The Kier molecular flexibility index (Phi) is 4.57. The molecule has 0 saturated carbocycles. The number of ether oxygens (including phenoxy) is 2. The van der Waals surface area contributed by atoms with Crippen molar-refractivity contribution in [2.45, 2.75) is 30.4 Å². The van der Waals surface area contributed by atoms with Gasteiger partial charge in [-0.05, 0) is 12.2 Å². The van der Waals surface area contributed by atoms with Crippen LogP contribution >= 0.6 is 12.2 Å². The zero-order chi connectivity index (χ0) is 13.2. The Morgan fingerprint density at radius 3 is 2.41 bits per heavy atom. The smallest absolute Gasteiger partial charge is 0.357 e. The van der Waals surface area contributed by atoms with Gasteiger partial charge in [-0.15, -0.1) is 0 Å². The average Bonchev–Trinajstić information content (AvgIpc) is 2.31. The Morgan fingerprint density at radius 1 is 1.35 bits per heavy atom. The number of hydrogen-bond donors (Lipinski definition) is 7. The van der Waals surface area contributed by atoms with Gasteiger partial charge >= 0.3 is 5.97 Å². The minimum atomic E-state index is -2.79. The van der Waals surface area contributed by atoms with E-state index in [0.29, 0.717) is 0 Å². The van der Waals surface area contributed by atoms with Crippen LogP contribution in [0.25, 0.3) is 0 Å². The Labute approximate surface area is 101 Å². The predicted molar refractivity (Wildman–Crippen MR) is 53.5 cm³/mol. The van der Waals surface area contributed by atoms with E-state index >= 15 is 0 Å². The summed E-state index contributed by atoms with van der Waals surface area (Å²) < 4.78 is 9.14. The van der Waals surface area contributed by atoms with Crippen molar-refractivity contribution in [2.75, 3.05) is 6.61 Å². The molecule has 5 atom stereocenters. The van der Waals surface area contributed by atoms with E-state index in [2.05, 4.69) is 21.7 Å². The first-order chi connectivity index (χ1) is 7.85. The molecule has 0 aromatic carbocycles. The van der Waals surface area contributed by atoms with Crippen LogP contribution in [0.5, 0.6) is 0 Å². The van der Waals surface area contributed by atoms with Gasteiger partial charge in [-0.1, -0.05) is 0 Å². The highest BCUT2D eigenvalue weighted by molar-refractivity contribution is 7.80. The van der Waals surface area contributed by atoms with Crippen LogP contribution in [-0.4, -0.2) is 72.9 Å². The van der Waals surface area contributed by atoms with E-state index in [4.69, 9.17) is 10.3 Å². The van der Waals surface area contributed by atoms with Crippen molar-refractivity contribution in [3.8, 4) is 0 Å². The lowest BCUT2D eigenvalue weighted by molar-refractivity contribution is -0.428. The number of hydrogen-bond acceptors (Lipinski definition) is 9. The second-order valence-electron chi connectivity index (χ2n) is 3.40. The zero-order valence-corrected chi connectivity index (χ0v) is 9.24. The quantitative estimate of drug-likeness (QED) is 0.152. The Balaban J connectivity index is 2.86. The monoisotopic (exact) mass is 271 g/mol. The predicted octanol–water partition coefficient (Wildman–Crippen LogP) is -3.61. The molecule has 0 bridgehead atoms. The molecule has 1 aliphatic rings. The Hall–Kier alpha value is -0.590. The molecule has 1 rings (SSSR count). The SMILES string of the molecule is OC[C@H]1O[C@](O)(OC(=S)NO)[C@H](O)[C@@H](O)[C@@H]1O. The molecule has 9 nitrogen and oxygen atoms in total. The summed E-state index contributed by atoms with van der Waals surface area (Å²) in [7, 11) is 0. The van der Waals surface area contributed by atoms with E-state index in [1.54, 1.807) is 0 Å². The van der Waals surface area contributed by atoms with Crippen LogP contribution in [0.15, 0.2) is 0 Å². The van der Waals surface area contributed by atoms with Crippen LogP contribution in [0.1, 0.15) is 0 Å². The van der Waals surface area contributed by atoms with Gasteiger partial charge in [0.1, 0.15) is 18.3 Å². The second kappa shape index (κ2) is 5.37. The third-order valence-corrected chi connectivity index (χ3v) is 2.43. The molecule has 1 saturated heterocycles. The first-order valence-corrected chi connectivity index (χ1v) is 4.95. The molecule has 0 spiro atoms. The van der Waals surface area contributed by atoms with E-state index in [1.807, 2.05) is 0 Å². The highest BCUT2D eigenvalue weighted by Crippen LogP contribution is 2.29. The largest absolute Gasteiger partial charge is 0.410 e. The first-order valence-electron chi connectivity index (χ1n) is 4.54. The topological polar surface area (TPSA) is 152 Å². The molecule has 0 radical (unpaired) electrons. The van der Waals surface area contributed by atoms with Gasteiger partial charge in [-0.3, -0.25) is 5.21 Å². The maximum Gasteiger partial charge on any atom is 0.357 e. The molecule has 100 valence electrons. The molecule has 0 unspecified atom stereocenters. The fourth-order valence-electron chi connectivity index (χ4n) is 1.36. The van der Waals surface area contributed by atoms with Crippen molar-refractivity contribution < 1.29 is 40.2 Å². The lowest BCUT2D eigenvalue weighted by Crippen LogP contribution is -2.66. The van der Waals surface area contributed by atoms with E-state index in [0.717, 1.165) is 0 Å². The Bertz CT molecular complexity index is 289. The number of aliphatic hydroxyl groups excluding tert-OH is 4. The fourth-order valence-corrected chi connectivity index (χ4v) is 1.48. The Morgan fingerprint density at radius 2 is 1.94 bits per heavy atom. The molecular formula is C7H13NO8S. The van der Waals surface area contributed by atoms with Crippen molar-refractivity contribution in [3.63, 3.8) is 0 Å². The molecule has 1 aliphatic heterocycles. The van der Waals surface area contributed by atoms with Crippen molar-refractivity contribution in [1.29, 1.82) is 0 Å². The fraction of sp³-hybridized carbons (Fsp3) is 0.857. The maximum atomic E-state index is 9.72. The van der Waals surface area contributed by atoms with Crippen molar-refractivity contribution >= 4 is 17.4 Å². The first kappa shape index (κ1) is 14.5. The van der Waals surface area contributed by atoms with E-state index in [-0.39, 0.29) is 0 Å². The zero-order valence-electron chi connectivity index (χ0n) is 8.42. The van der Waals surface area contributed by atoms with Gasteiger partial charge < -0.3 is 35.0 Å². The highest BCUT2D eigenvalue weighted by atomic mass is 32.1. The number of rotatable bonds is 2. The molecule has 7 N–H and O–H groups in total.